The number of piperidine rings is 1. The number of ether oxygens (including phenoxy) is 2. The van der Waals surface area contributed by atoms with Crippen LogP contribution >= 0.6 is 0 Å². The molecule has 2 unspecified atom stereocenters. The van der Waals surface area contributed by atoms with E-state index in [1.165, 1.54) is 0 Å². The molecule has 4 heteroatoms. The molecule has 2 rings (SSSR count). The fourth-order valence-electron chi connectivity index (χ4n) is 2.76. The number of methoxy groups -OCH3 is 2. The van der Waals surface area contributed by atoms with Crippen LogP contribution in [0.1, 0.15) is 24.5 Å². The van der Waals surface area contributed by atoms with Crippen molar-refractivity contribution in [3.05, 3.63) is 29.3 Å². The van der Waals surface area contributed by atoms with Crippen molar-refractivity contribution in [3.63, 3.8) is 0 Å². The monoisotopic (exact) mass is 274 g/mol. The average Bonchev–Trinajstić information content (AvgIpc) is 2.49. The van der Waals surface area contributed by atoms with E-state index < -0.39 is 0 Å². The highest BCUT2D eigenvalue weighted by molar-refractivity contribution is 5.42. The Hall–Kier alpha value is -1.57. The highest BCUT2D eigenvalue weighted by Gasteiger charge is 2.26. The van der Waals surface area contributed by atoms with E-state index >= 15 is 0 Å². The first kappa shape index (κ1) is 14.8. The summed E-state index contributed by atoms with van der Waals surface area (Å²) in [7, 11) is 3.45. The summed E-state index contributed by atoms with van der Waals surface area (Å²) in [4.78, 5) is 2.37. The van der Waals surface area contributed by atoms with E-state index in [1.807, 2.05) is 12.1 Å². The maximum atomic E-state index is 9.02. The van der Waals surface area contributed by atoms with Crippen molar-refractivity contribution in [1.29, 1.82) is 5.26 Å². The molecule has 2 atom stereocenters. The molecule has 0 spiro atoms. The van der Waals surface area contributed by atoms with Crippen molar-refractivity contribution in [2.75, 3.05) is 27.3 Å². The summed E-state index contributed by atoms with van der Waals surface area (Å²) >= 11 is 0. The molecule has 0 aromatic heterocycles. The van der Waals surface area contributed by atoms with Gasteiger partial charge in [0.1, 0.15) is 5.75 Å². The molecule has 0 N–H and O–H groups in total. The van der Waals surface area contributed by atoms with Gasteiger partial charge in [0.15, 0.2) is 0 Å². The maximum Gasteiger partial charge on any atom is 0.123 e. The van der Waals surface area contributed by atoms with Gasteiger partial charge >= 0.3 is 0 Å². The van der Waals surface area contributed by atoms with Crippen molar-refractivity contribution in [1.82, 2.24) is 4.90 Å². The Bertz CT molecular complexity index is 496. The second-order valence-electron chi connectivity index (χ2n) is 5.41. The van der Waals surface area contributed by atoms with Gasteiger partial charge in [-0.3, -0.25) is 4.90 Å². The lowest BCUT2D eigenvalue weighted by molar-refractivity contribution is -0.00762. The highest BCUT2D eigenvalue weighted by Crippen LogP contribution is 2.25. The van der Waals surface area contributed by atoms with Gasteiger partial charge in [-0.05, 0) is 37.1 Å². The van der Waals surface area contributed by atoms with Crippen LogP contribution in [0.3, 0.4) is 0 Å². The van der Waals surface area contributed by atoms with Gasteiger partial charge < -0.3 is 9.47 Å². The smallest absolute Gasteiger partial charge is 0.123 e. The van der Waals surface area contributed by atoms with E-state index in [0.29, 0.717) is 11.5 Å². The Morgan fingerprint density at radius 1 is 1.40 bits per heavy atom. The Kier molecular flexibility index (Phi) is 4.99. The third-order valence-electron chi connectivity index (χ3n) is 4.08. The molecule has 1 heterocycles. The number of hydrogen-bond acceptors (Lipinski definition) is 4. The molecule has 0 amide bonds. The fraction of sp³-hybridized carbons (Fsp3) is 0.562. The topological polar surface area (TPSA) is 45.5 Å². The van der Waals surface area contributed by atoms with E-state index in [-0.39, 0.29) is 6.10 Å². The van der Waals surface area contributed by atoms with Crippen LogP contribution in [0.25, 0.3) is 0 Å². The van der Waals surface area contributed by atoms with Crippen molar-refractivity contribution >= 4 is 0 Å². The van der Waals surface area contributed by atoms with E-state index in [2.05, 4.69) is 17.9 Å². The SMILES string of the molecule is COc1ccc(C#N)cc1CN1CCC(C)C(OC)C1. The zero-order chi connectivity index (χ0) is 14.5. The minimum absolute atomic E-state index is 0.286. The summed E-state index contributed by atoms with van der Waals surface area (Å²) in [5.74, 6) is 1.44. The molecule has 4 nitrogen and oxygen atoms in total. The first-order chi connectivity index (χ1) is 9.67. The van der Waals surface area contributed by atoms with Crippen molar-refractivity contribution in [2.24, 2.45) is 5.92 Å². The van der Waals surface area contributed by atoms with Crippen LogP contribution < -0.4 is 4.74 Å². The van der Waals surface area contributed by atoms with Crippen LogP contribution in [-0.2, 0) is 11.3 Å². The molecule has 1 saturated heterocycles. The molecule has 108 valence electrons. The first-order valence-corrected chi connectivity index (χ1v) is 7.00. The lowest BCUT2D eigenvalue weighted by atomic mass is 9.95. The maximum absolute atomic E-state index is 9.02. The normalized spacial score (nSPS) is 23.3. The van der Waals surface area contributed by atoms with Crippen LogP contribution in [0.5, 0.6) is 5.75 Å². The molecule has 1 aliphatic rings. The molecule has 0 radical (unpaired) electrons. The summed E-state index contributed by atoms with van der Waals surface area (Å²) < 4.78 is 10.9. The minimum atomic E-state index is 0.286. The van der Waals surface area contributed by atoms with Crippen molar-refractivity contribution < 1.29 is 9.47 Å². The van der Waals surface area contributed by atoms with Gasteiger partial charge in [-0.15, -0.1) is 0 Å². The average molecular weight is 274 g/mol. The number of rotatable bonds is 4. The molecule has 1 fully saturated rings. The van der Waals surface area contributed by atoms with Crippen LogP contribution in [0.15, 0.2) is 18.2 Å². The summed E-state index contributed by atoms with van der Waals surface area (Å²) in [5, 5.41) is 9.02. The Balaban J connectivity index is 2.11. The second-order valence-corrected chi connectivity index (χ2v) is 5.41. The van der Waals surface area contributed by atoms with Crippen molar-refractivity contribution in [2.45, 2.75) is 26.0 Å². The van der Waals surface area contributed by atoms with Gasteiger partial charge in [0, 0.05) is 25.8 Å². The van der Waals surface area contributed by atoms with E-state index in [9.17, 15) is 0 Å². The summed E-state index contributed by atoms with van der Waals surface area (Å²) in [5.41, 5.74) is 1.74. The third kappa shape index (κ3) is 3.30. The third-order valence-corrected chi connectivity index (χ3v) is 4.08. The van der Waals surface area contributed by atoms with Gasteiger partial charge in [-0.2, -0.15) is 5.26 Å². The Morgan fingerprint density at radius 2 is 2.20 bits per heavy atom. The van der Waals surface area contributed by atoms with E-state index in [4.69, 9.17) is 14.7 Å². The van der Waals surface area contributed by atoms with E-state index in [1.54, 1.807) is 20.3 Å². The van der Waals surface area contributed by atoms with E-state index in [0.717, 1.165) is 37.4 Å². The van der Waals surface area contributed by atoms with Crippen LogP contribution in [0, 0.1) is 17.2 Å². The molecular formula is C16H22N2O2. The molecule has 0 saturated carbocycles. The van der Waals surface area contributed by atoms with Gasteiger partial charge in [0.05, 0.1) is 24.8 Å². The second kappa shape index (κ2) is 6.74. The minimum Gasteiger partial charge on any atom is -0.496 e. The Labute approximate surface area is 120 Å². The zero-order valence-corrected chi connectivity index (χ0v) is 12.4. The molecule has 20 heavy (non-hydrogen) atoms. The molecule has 0 bridgehead atoms. The van der Waals surface area contributed by atoms with Crippen LogP contribution in [-0.4, -0.2) is 38.3 Å². The molecule has 0 aliphatic carbocycles. The van der Waals surface area contributed by atoms with Gasteiger partial charge in [0.2, 0.25) is 0 Å². The molecule has 1 aromatic rings. The molecule has 1 aliphatic heterocycles. The zero-order valence-electron chi connectivity index (χ0n) is 12.4. The quantitative estimate of drug-likeness (QED) is 0.846. The molecule has 1 aromatic carbocycles. The molecular weight excluding hydrogens is 252 g/mol. The standard InChI is InChI=1S/C16H22N2O2/c1-12-6-7-18(11-16(12)20-3)10-14-8-13(9-17)4-5-15(14)19-2/h4-5,8,12,16H,6-7,10-11H2,1-3H3. The van der Waals surface area contributed by atoms with Gasteiger partial charge in [-0.1, -0.05) is 6.92 Å². The highest BCUT2D eigenvalue weighted by atomic mass is 16.5. The number of hydrogen-bond donors (Lipinski definition) is 0. The number of nitrogens with zero attached hydrogens (tertiary/aromatic N) is 2. The van der Waals surface area contributed by atoms with Gasteiger partial charge in [0.25, 0.3) is 0 Å². The largest absolute Gasteiger partial charge is 0.496 e. The Morgan fingerprint density at radius 3 is 2.85 bits per heavy atom. The number of likely N-dealkylation sites (tertiary alicyclic amines) is 1. The fourth-order valence-corrected chi connectivity index (χ4v) is 2.76. The van der Waals surface area contributed by atoms with Crippen LogP contribution in [0.2, 0.25) is 0 Å². The van der Waals surface area contributed by atoms with Crippen LogP contribution in [0.4, 0.5) is 0 Å². The summed E-state index contributed by atoms with van der Waals surface area (Å²) in [6, 6.07) is 7.76. The number of nitriles is 1. The summed E-state index contributed by atoms with van der Waals surface area (Å²) in [6.07, 6.45) is 1.42. The predicted molar refractivity (Wildman–Crippen MR) is 77.6 cm³/mol. The summed E-state index contributed by atoms with van der Waals surface area (Å²) in [6.45, 7) is 5.02. The number of benzene rings is 1. The lowest BCUT2D eigenvalue weighted by Gasteiger charge is -2.36. The first-order valence-electron chi connectivity index (χ1n) is 7.00. The predicted octanol–water partition coefficient (Wildman–Crippen LogP) is 2.42. The van der Waals surface area contributed by atoms with Gasteiger partial charge in [-0.25, -0.2) is 0 Å². The lowest BCUT2D eigenvalue weighted by Crippen LogP contribution is -2.43. The van der Waals surface area contributed by atoms with Crippen molar-refractivity contribution in [3.8, 4) is 11.8 Å².